The van der Waals surface area contributed by atoms with Crippen molar-refractivity contribution in [3.63, 3.8) is 0 Å². The quantitative estimate of drug-likeness (QED) is 0.431. The van der Waals surface area contributed by atoms with Gasteiger partial charge in [-0.15, -0.1) is 0 Å². The molecule has 7 heteroatoms. The lowest BCUT2D eigenvalue weighted by atomic mass is 9.92. The van der Waals surface area contributed by atoms with Gasteiger partial charge in [0, 0.05) is 18.9 Å². The number of primary amides is 1. The summed E-state index contributed by atoms with van der Waals surface area (Å²) in [5.41, 5.74) is 5.02. The summed E-state index contributed by atoms with van der Waals surface area (Å²) in [4.78, 5) is 10.5. The number of amides is 1. The summed E-state index contributed by atoms with van der Waals surface area (Å²) in [6.07, 6.45) is -2.05. The highest BCUT2D eigenvalue weighted by Crippen LogP contribution is 2.26. The normalized spacial score (nSPS) is 35.3. The van der Waals surface area contributed by atoms with Crippen LogP contribution in [0, 0.1) is 5.92 Å². The van der Waals surface area contributed by atoms with Crippen molar-refractivity contribution < 1.29 is 29.6 Å². The van der Waals surface area contributed by atoms with Gasteiger partial charge in [0.05, 0.1) is 12.7 Å². The number of hydrogen-bond acceptors (Lipinski definition) is 6. The molecule has 0 aromatic rings. The Morgan fingerprint density at radius 1 is 1.32 bits per heavy atom. The van der Waals surface area contributed by atoms with E-state index in [1.807, 2.05) is 0 Å². The summed E-state index contributed by atoms with van der Waals surface area (Å²) in [5.74, 6) is -0.741. The summed E-state index contributed by atoms with van der Waals surface area (Å²) >= 11 is 0. The highest BCUT2D eigenvalue weighted by molar-refractivity contribution is 5.73. The molecule has 1 amide bonds. The van der Waals surface area contributed by atoms with Gasteiger partial charge in [0.25, 0.3) is 0 Å². The Bertz CT molecular complexity index is 285. The molecule has 0 aromatic carbocycles. The van der Waals surface area contributed by atoms with Gasteiger partial charge in [0.15, 0.2) is 6.29 Å². The summed E-state index contributed by atoms with van der Waals surface area (Å²) < 4.78 is 10.9. The molecule has 5 unspecified atom stereocenters. The van der Waals surface area contributed by atoms with Crippen LogP contribution in [-0.2, 0) is 14.3 Å². The Hall–Kier alpha value is -0.730. The third-order valence-electron chi connectivity index (χ3n) is 3.29. The zero-order chi connectivity index (χ0) is 14.4. The predicted molar refractivity (Wildman–Crippen MR) is 65.9 cm³/mol. The van der Waals surface area contributed by atoms with Crippen LogP contribution < -0.4 is 5.73 Å². The lowest BCUT2D eigenvalue weighted by Gasteiger charge is -2.40. The van der Waals surface area contributed by atoms with Gasteiger partial charge < -0.3 is 30.5 Å². The number of ether oxygens (including phenoxy) is 2. The third kappa shape index (κ3) is 4.70. The number of nitrogens with two attached hydrogens (primary N) is 1. The molecule has 0 saturated carbocycles. The first kappa shape index (κ1) is 16.3. The van der Waals surface area contributed by atoms with Crippen LogP contribution in [0.5, 0.6) is 0 Å². The predicted octanol–water partition coefficient (Wildman–Crippen LogP) is -1.27. The Morgan fingerprint density at radius 3 is 2.58 bits per heavy atom. The molecule has 1 aliphatic heterocycles. The molecule has 1 heterocycles. The Morgan fingerprint density at radius 2 is 2.00 bits per heavy atom. The fourth-order valence-corrected chi connectivity index (χ4v) is 2.01. The van der Waals surface area contributed by atoms with Crippen LogP contribution in [0.1, 0.15) is 26.2 Å². The van der Waals surface area contributed by atoms with E-state index >= 15 is 0 Å². The molecule has 7 nitrogen and oxygen atoms in total. The number of hydrogen-bond donors (Lipinski definition) is 4. The first-order chi connectivity index (χ1) is 8.97. The maximum atomic E-state index is 10.5. The third-order valence-corrected chi connectivity index (χ3v) is 3.29. The average Bonchev–Trinajstić information content (AvgIpc) is 2.37. The number of aliphatic hydroxyl groups is 3. The SMILES string of the molecule is CC1C(OCCCCC(N)=O)OC(CO)C(O)C1O. The van der Waals surface area contributed by atoms with Crippen molar-refractivity contribution in [3.05, 3.63) is 0 Å². The second-order valence-corrected chi connectivity index (χ2v) is 4.86. The lowest BCUT2D eigenvalue weighted by molar-refractivity contribution is -0.282. The van der Waals surface area contributed by atoms with Crippen LogP contribution in [0.4, 0.5) is 0 Å². The fourth-order valence-electron chi connectivity index (χ4n) is 2.01. The van der Waals surface area contributed by atoms with Crippen LogP contribution in [0.3, 0.4) is 0 Å². The van der Waals surface area contributed by atoms with Crippen molar-refractivity contribution >= 4 is 5.91 Å². The maximum Gasteiger partial charge on any atom is 0.217 e. The van der Waals surface area contributed by atoms with Crippen molar-refractivity contribution in [1.29, 1.82) is 0 Å². The number of carbonyl (C=O) groups excluding carboxylic acids is 1. The number of unbranched alkanes of at least 4 members (excludes halogenated alkanes) is 1. The molecule has 0 aliphatic carbocycles. The minimum absolute atomic E-state index is 0.311. The van der Waals surface area contributed by atoms with E-state index in [0.717, 1.165) is 0 Å². The van der Waals surface area contributed by atoms with E-state index in [2.05, 4.69) is 0 Å². The van der Waals surface area contributed by atoms with Gasteiger partial charge in [-0.25, -0.2) is 0 Å². The van der Waals surface area contributed by atoms with E-state index < -0.39 is 30.5 Å². The molecular formula is C12H23NO6. The first-order valence-electron chi connectivity index (χ1n) is 6.49. The first-order valence-corrected chi connectivity index (χ1v) is 6.49. The van der Waals surface area contributed by atoms with Crippen LogP contribution >= 0.6 is 0 Å². The monoisotopic (exact) mass is 277 g/mol. The Labute approximate surface area is 112 Å². The van der Waals surface area contributed by atoms with Gasteiger partial charge in [-0.1, -0.05) is 6.92 Å². The Kier molecular flexibility index (Phi) is 6.67. The van der Waals surface area contributed by atoms with E-state index in [1.165, 1.54) is 0 Å². The summed E-state index contributed by atoms with van der Waals surface area (Å²) in [7, 11) is 0. The van der Waals surface area contributed by atoms with Crippen molar-refractivity contribution in [2.24, 2.45) is 11.7 Å². The summed E-state index contributed by atoms with van der Waals surface area (Å²) in [5, 5.41) is 28.5. The van der Waals surface area contributed by atoms with Crippen molar-refractivity contribution in [2.75, 3.05) is 13.2 Å². The zero-order valence-electron chi connectivity index (χ0n) is 11.1. The molecule has 5 atom stereocenters. The molecule has 1 saturated heterocycles. The topological polar surface area (TPSA) is 122 Å². The summed E-state index contributed by atoms with van der Waals surface area (Å²) in [6.45, 7) is 1.69. The number of aliphatic hydroxyl groups excluding tert-OH is 3. The van der Waals surface area contributed by atoms with Gasteiger partial charge in [-0.05, 0) is 12.8 Å². The maximum absolute atomic E-state index is 10.5. The second kappa shape index (κ2) is 7.76. The van der Waals surface area contributed by atoms with E-state index in [4.69, 9.17) is 20.3 Å². The van der Waals surface area contributed by atoms with E-state index in [-0.39, 0.29) is 12.5 Å². The molecule has 1 rings (SSSR count). The molecule has 5 N–H and O–H groups in total. The van der Waals surface area contributed by atoms with Crippen molar-refractivity contribution in [1.82, 2.24) is 0 Å². The molecule has 0 aromatic heterocycles. The van der Waals surface area contributed by atoms with Crippen molar-refractivity contribution in [2.45, 2.75) is 50.8 Å². The standard InChI is InChI=1S/C12H23NO6/c1-7-10(16)11(17)8(6-14)19-12(7)18-5-3-2-4-9(13)15/h7-8,10-12,14,16-17H,2-6H2,1H3,(H2,13,15). The largest absolute Gasteiger partial charge is 0.394 e. The van der Waals surface area contributed by atoms with Gasteiger partial charge in [-0.2, -0.15) is 0 Å². The van der Waals surface area contributed by atoms with Crippen molar-refractivity contribution in [3.8, 4) is 0 Å². The minimum Gasteiger partial charge on any atom is -0.394 e. The van der Waals surface area contributed by atoms with Crippen LogP contribution in [-0.4, -0.2) is 59.0 Å². The van der Waals surface area contributed by atoms with Gasteiger partial charge >= 0.3 is 0 Å². The van der Waals surface area contributed by atoms with Crippen LogP contribution in [0.2, 0.25) is 0 Å². The molecule has 0 radical (unpaired) electrons. The Balaban J connectivity index is 2.33. The van der Waals surface area contributed by atoms with Gasteiger partial charge in [0.1, 0.15) is 12.2 Å². The molecular weight excluding hydrogens is 254 g/mol. The van der Waals surface area contributed by atoms with Crippen LogP contribution in [0.15, 0.2) is 0 Å². The van der Waals surface area contributed by atoms with Gasteiger partial charge in [-0.3, -0.25) is 4.79 Å². The smallest absolute Gasteiger partial charge is 0.217 e. The fraction of sp³-hybridized carbons (Fsp3) is 0.917. The van der Waals surface area contributed by atoms with E-state index in [1.54, 1.807) is 6.92 Å². The molecule has 1 aliphatic rings. The number of carbonyl (C=O) groups is 1. The van der Waals surface area contributed by atoms with E-state index in [9.17, 15) is 15.0 Å². The molecule has 0 bridgehead atoms. The second-order valence-electron chi connectivity index (χ2n) is 4.86. The molecule has 1 fully saturated rings. The summed E-state index contributed by atoms with van der Waals surface area (Å²) in [6, 6.07) is 0. The lowest BCUT2D eigenvalue weighted by Crippen LogP contribution is -2.55. The van der Waals surface area contributed by atoms with Gasteiger partial charge in [0.2, 0.25) is 5.91 Å². The zero-order valence-corrected chi connectivity index (χ0v) is 11.1. The highest BCUT2D eigenvalue weighted by atomic mass is 16.7. The highest BCUT2D eigenvalue weighted by Gasteiger charge is 2.42. The van der Waals surface area contributed by atoms with Crippen LogP contribution in [0.25, 0.3) is 0 Å². The minimum atomic E-state index is -1.12. The molecule has 112 valence electrons. The van der Waals surface area contributed by atoms with E-state index in [0.29, 0.717) is 25.9 Å². The molecule has 0 spiro atoms. The number of rotatable bonds is 7. The average molecular weight is 277 g/mol. The molecule has 19 heavy (non-hydrogen) atoms.